The van der Waals surface area contributed by atoms with Gasteiger partial charge in [0, 0.05) is 7.05 Å². The zero-order valence-corrected chi connectivity index (χ0v) is 18.6. The number of carbonyl (C=O) groups excluding carboxylic acids is 2. The van der Waals surface area contributed by atoms with E-state index < -0.39 is 18.0 Å². The zero-order chi connectivity index (χ0) is 23.8. The average molecular weight is 462 g/mol. The Hall–Kier alpha value is -4.34. The van der Waals surface area contributed by atoms with Crippen molar-refractivity contribution in [3.05, 3.63) is 70.6 Å². The van der Waals surface area contributed by atoms with E-state index in [1.165, 1.54) is 22.5 Å². The maximum Gasteiger partial charge on any atom is 0.344 e. The van der Waals surface area contributed by atoms with E-state index in [0.717, 1.165) is 0 Å². The molecule has 1 aliphatic heterocycles. The van der Waals surface area contributed by atoms with Gasteiger partial charge in [-0.3, -0.25) is 9.59 Å². The van der Waals surface area contributed by atoms with Gasteiger partial charge in [-0.05, 0) is 31.2 Å². The van der Waals surface area contributed by atoms with Crippen molar-refractivity contribution in [1.82, 2.24) is 19.5 Å². The fraction of sp³-hybridized carbons (Fsp3) is 0.250. The Bertz CT molecular complexity index is 1460. The molecule has 0 saturated heterocycles. The first-order valence-electron chi connectivity index (χ1n) is 10.8. The minimum atomic E-state index is -1.06. The highest BCUT2D eigenvalue weighted by Gasteiger charge is 2.28. The van der Waals surface area contributed by atoms with Gasteiger partial charge in [-0.15, -0.1) is 0 Å². The molecule has 4 aromatic rings. The third-order valence-electron chi connectivity index (χ3n) is 5.65. The highest BCUT2D eigenvalue weighted by Crippen LogP contribution is 2.31. The number of benzene rings is 2. The zero-order valence-electron chi connectivity index (χ0n) is 18.6. The fourth-order valence-corrected chi connectivity index (χ4v) is 3.96. The molecule has 34 heavy (non-hydrogen) atoms. The van der Waals surface area contributed by atoms with Gasteiger partial charge >= 0.3 is 5.97 Å². The molecule has 0 saturated carbocycles. The first kappa shape index (κ1) is 21.5. The number of nitrogens with one attached hydrogen (secondary N) is 1. The molecule has 0 bridgehead atoms. The van der Waals surface area contributed by atoms with Crippen LogP contribution in [0.5, 0.6) is 11.5 Å². The quantitative estimate of drug-likeness (QED) is 0.451. The lowest BCUT2D eigenvalue weighted by Gasteiger charge is -2.30. The van der Waals surface area contributed by atoms with Crippen LogP contribution in [0, 0.1) is 0 Å². The normalized spacial score (nSPS) is 15.8. The van der Waals surface area contributed by atoms with Crippen molar-refractivity contribution < 1.29 is 23.8 Å². The standard InChI is InChI=1S/C24H22N4O6/c1-14(23(30)27(2)12-15-13-32-19-9-5-6-10-20(19)34-15)33-24(31)17-11-25-28-18-8-4-3-7-16(18)22(29)26-21(17)28/h3-11,14-15H,12-13H2,1-2H3,(H,26,29). The molecule has 5 rings (SSSR count). The molecule has 0 spiro atoms. The molecule has 0 aliphatic carbocycles. The number of fused-ring (bicyclic) bond motifs is 4. The van der Waals surface area contributed by atoms with E-state index in [4.69, 9.17) is 14.2 Å². The predicted octanol–water partition coefficient (Wildman–Crippen LogP) is 2.02. The molecule has 0 fully saturated rings. The number of nitrogens with zero attached hydrogens (tertiary/aromatic N) is 3. The Labute approximate surface area is 193 Å². The van der Waals surface area contributed by atoms with Crippen molar-refractivity contribution in [2.75, 3.05) is 20.2 Å². The van der Waals surface area contributed by atoms with Crippen molar-refractivity contribution in [3.63, 3.8) is 0 Å². The van der Waals surface area contributed by atoms with E-state index in [1.807, 2.05) is 18.2 Å². The molecule has 10 heteroatoms. The number of likely N-dealkylation sites (N-methyl/N-ethyl adjacent to an activating group) is 1. The average Bonchev–Trinajstić information content (AvgIpc) is 3.27. The second kappa shape index (κ2) is 8.54. The van der Waals surface area contributed by atoms with E-state index in [2.05, 4.69) is 10.1 Å². The smallest absolute Gasteiger partial charge is 0.344 e. The molecule has 1 aliphatic rings. The third kappa shape index (κ3) is 3.83. The highest BCUT2D eigenvalue weighted by atomic mass is 16.6. The van der Waals surface area contributed by atoms with Crippen molar-refractivity contribution in [3.8, 4) is 11.5 Å². The predicted molar refractivity (Wildman–Crippen MR) is 122 cm³/mol. The van der Waals surface area contributed by atoms with E-state index in [-0.39, 0.29) is 29.4 Å². The van der Waals surface area contributed by atoms with Gasteiger partial charge in [-0.1, -0.05) is 24.3 Å². The van der Waals surface area contributed by atoms with Crippen LogP contribution < -0.4 is 15.0 Å². The molecule has 0 radical (unpaired) electrons. The second-order valence-corrected chi connectivity index (χ2v) is 8.05. The molecule has 174 valence electrons. The van der Waals surface area contributed by atoms with Crippen molar-refractivity contribution in [2.24, 2.45) is 0 Å². The summed E-state index contributed by atoms with van der Waals surface area (Å²) in [5.41, 5.74) is 0.470. The van der Waals surface area contributed by atoms with Gasteiger partial charge < -0.3 is 24.1 Å². The highest BCUT2D eigenvalue weighted by molar-refractivity contribution is 5.98. The topological polar surface area (TPSA) is 115 Å². The Kier molecular flexibility index (Phi) is 5.40. The summed E-state index contributed by atoms with van der Waals surface area (Å²) >= 11 is 0. The van der Waals surface area contributed by atoms with Crippen LogP contribution >= 0.6 is 0 Å². The number of H-pyrrole nitrogens is 1. The van der Waals surface area contributed by atoms with Crippen molar-refractivity contribution in [1.29, 1.82) is 0 Å². The molecule has 10 nitrogen and oxygen atoms in total. The summed E-state index contributed by atoms with van der Waals surface area (Å²) in [6.45, 7) is 2.05. The monoisotopic (exact) mass is 462 g/mol. The number of aromatic amines is 1. The third-order valence-corrected chi connectivity index (χ3v) is 5.65. The van der Waals surface area contributed by atoms with Crippen LogP contribution in [0.4, 0.5) is 0 Å². The largest absolute Gasteiger partial charge is 0.486 e. The number of rotatable bonds is 5. The molecule has 2 aromatic heterocycles. The van der Waals surface area contributed by atoms with Gasteiger partial charge in [0.1, 0.15) is 12.2 Å². The first-order chi connectivity index (χ1) is 16.4. The van der Waals surface area contributed by atoms with Crippen LogP contribution in [0.25, 0.3) is 16.6 Å². The molecule has 1 amide bonds. The first-order valence-corrected chi connectivity index (χ1v) is 10.8. The summed E-state index contributed by atoms with van der Waals surface area (Å²) in [4.78, 5) is 42.2. The lowest BCUT2D eigenvalue weighted by molar-refractivity contribution is -0.139. The Morgan fingerprint density at radius 3 is 2.76 bits per heavy atom. The van der Waals surface area contributed by atoms with Gasteiger partial charge in [0.2, 0.25) is 0 Å². The van der Waals surface area contributed by atoms with Gasteiger partial charge in [0.05, 0.1) is 23.6 Å². The number of esters is 1. The maximum absolute atomic E-state index is 12.8. The van der Waals surface area contributed by atoms with Gasteiger partial charge in [0.15, 0.2) is 29.4 Å². The Morgan fingerprint density at radius 2 is 1.94 bits per heavy atom. The van der Waals surface area contributed by atoms with E-state index >= 15 is 0 Å². The molecule has 2 atom stereocenters. The molecular formula is C24H22N4O6. The van der Waals surface area contributed by atoms with Crippen LogP contribution in [-0.2, 0) is 9.53 Å². The minimum Gasteiger partial charge on any atom is -0.486 e. The van der Waals surface area contributed by atoms with E-state index in [0.29, 0.717) is 29.0 Å². The van der Waals surface area contributed by atoms with Crippen molar-refractivity contribution >= 4 is 28.4 Å². The van der Waals surface area contributed by atoms with Crippen LogP contribution in [0.15, 0.2) is 59.5 Å². The summed E-state index contributed by atoms with van der Waals surface area (Å²) in [5, 5.41) is 4.66. The molecule has 1 N–H and O–H groups in total. The molecular weight excluding hydrogens is 440 g/mol. The number of carbonyl (C=O) groups is 2. The number of amides is 1. The Balaban J connectivity index is 1.27. The van der Waals surface area contributed by atoms with Gasteiger partial charge in [-0.25, -0.2) is 9.31 Å². The SMILES string of the molecule is CC(OC(=O)c1cnn2c1[nH]c(=O)c1ccccc12)C(=O)N(C)CC1COc2ccccc2O1. The maximum atomic E-state index is 12.8. The lowest BCUT2D eigenvalue weighted by Crippen LogP contribution is -2.45. The second-order valence-electron chi connectivity index (χ2n) is 8.05. The Morgan fingerprint density at radius 1 is 1.21 bits per heavy atom. The van der Waals surface area contributed by atoms with Crippen LogP contribution in [0.1, 0.15) is 17.3 Å². The van der Waals surface area contributed by atoms with E-state index in [9.17, 15) is 14.4 Å². The number of aromatic nitrogens is 3. The lowest BCUT2D eigenvalue weighted by atomic mass is 10.2. The minimum absolute atomic E-state index is 0.0609. The van der Waals surface area contributed by atoms with Crippen LogP contribution in [0.3, 0.4) is 0 Å². The summed E-state index contributed by atoms with van der Waals surface area (Å²) in [6, 6.07) is 14.2. The molecule has 3 heterocycles. The van der Waals surface area contributed by atoms with Gasteiger partial charge in [0.25, 0.3) is 11.5 Å². The number of ether oxygens (including phenoxy) is 3. The van der Waals surface area contributed by atoms with E-state index in [1.54, 1.807) is 37.4 Å². The number of hydrogen-bond acceptors (Lipinski definition) is 7. The molecule has 2 unspecified atom stereocenters. The summed E-state index contributed by atoms with van der Waals surface area (Å²) < 4.78 is 18.4. The molecule has 2 aromatic carbocycles. The summed E-state index contributed by atoms with van der Waals surface area (Å²) in [6.07, 6.45) is -0.104. The van der Waals surface area contributed by atoms with Crippen LogP contribution in [0.2, 0.25) is 0 Å². The van der Waals surface area contributed by atoms with Crippen molar-refractivity contribution in [2.45, 2.75) is 19.1 Å². The van der Waals surface area contributed by atoms with Gasteiger partial charge in [-0.2, -0.15) is 5.10 Å². The number of hydrogen-bond donors (Lipinski definition) is 1. The summed E-state index contributed by atoms with van der Waals surface area (Å²) in [5.74, 6) is 0.121. The summed E-state index contributed by atoms with van der Waals surface area (Å²) in [7, 11) is 1.61. The van der Waals surface area contributed by atoms with Crippen LogP contribution in [-0.4, -0.2) is 63.8 Å². The fourth-order valence-electron chi connectivity index (χ4n) is 3.96. The number of para-hydroxylation sites is 3.